The van der Waals surface area contributed by atoms with Crippen LogP contribution in [0.25, 0.3) is 0 Å². The van der Waals surface area contributed by atoms with Gasteiger partial charge >= 0.3 is 0 Å². The zero-order valence-corrected chi connectivity index (χ0v) is 7.09. The summed E-state index contributed by atoms with van der Waals surface area (Å²) in [7, 11) is 1.81. The van der Waals surface area contributed by atoms with Crippen molar-refractivity contribution in [3.8, 4) is 0 Å². The van der Waals surface area contributed by atoms with Crippen molar-refractivity contribution in [1.82, 2.24) is 0 Å². The van der Waals surface area contributed by atoms with Crippen molar-refractivity contribution in [2.45, 2.75) is 13.3 Å². The van der Waals surface area contributed by atoms with Crippen molar-refractivity contribution in [3.63, 3.8) is 0 Å². The minimum atomic E-state index is 0.982. The Labute approximate surface area is 61.3 Å². The molecule has 0 aromatic rings. The van der Waals surface area contributed by atoms with E-state index in [1.807, 2.05) is 6.26 Å². The lowest BCUT2D eigenvalue weighted by Gasteiger charge is -2.00. The smallest absolute Gasteiger partial charge is 0.0471 e. The van der Waals surface area contributed by atoms with Crippen molar-refractivity contribution in [2.75, 3.05) is 13.3 Å². The van der Waals surface area contributed by atoms with Crippen molar-refractivity contribution < 1.29 is 0 Å². The van der Waals surface area contributed by atoms with Crippen molar-refractivity contribution in [2.24, 2.45) is 4.99 Å². The highest BCUT2D eigenvalue weighted by Crippen LogP contribution is 2.11. The molecule has 1 nitrogen and oxygen atoms in total. The number of hydrogen-bond acceptors (Lipinski definition) is 2. The van der Waals surface area contributed by atoms with Crippen LogP contribution in [0.2, 0.25) is 0 Å². The van der Waals surface area contributed by atoms with Crippen LogP contribution in [0.1, 0.15) is 13.3 Å². The van der Waals surface area contributed by atoms with Gasteiger partial charge in [0.2, 0.25) is 0 Å². The van der Waals surface area contributed by atoms with Crippen LogP contribution in [0, 0.1) is 0 Å². The third-order valence-corrected chi connectivity index (χ3v) is 1.90. The molecule has 0 aliphatic rings. The third kappa shape index (κ3) is 2.70. The van der Waals surface area contributed by atoms with E-state index in [1.165, 1.54) is 0 Å². The Bertz CT molecular complexity index is 127. The maximum atomic E-state index is 4.07. The van der Waals surface area contributed by atoms with Crippen LogP contribution >= 0.6 is 11.8 Å². The Morgan fingerprint density at radius 1 is 1.67 bits per heavy atom. The van der Waals surface area contributed by atoms with Gasteiger partial charge in [0.25, 0.3) is 0 Å². The first-order valence-corrected chi connectivity index (χ1v) is 4.17. The topological polar surface area (TPSA) is 12.4 Å². The van der Waals surface area contributed by atoms with Crippen LogP contribution in [0.5, 0.6) is 0 Å². The maximum absolute atomic E-state index is 4.07. The second kappa shape index (κ2) is 4.62. The quantitative estimate of drug-likeness (QED) is 0.552. The molecule has 0 saturated carbocycles. The summed E-state index contributed by atoms with van der Waals surface area (Å²) in [5, 5.41) is 0. The van der Waals surface area contributed by atoms with Crippen LogP contribution in [0.15, 0.2) is 16.5 Å². The molecule has 0 spiro atoms. The molecule has 0 heterocycles. The van der Waals surface area contributed by atoms with E-state index < -0.39 is 0 Å². The van der Waals surface area contributed by atoms with Gasteiger partial charge in [0.15, 0.2) is 0 Å². The molecule has 0 aliphatic carbocycles. The van der Waals surface area contributed by atoms with Crippen LogP contribution in [0.3, 0.4) is 0 Å². The fourth-order valence-electron chi connectivity index (χ4n) is 0.598. The molecule has 0 amide bonds. The van der Waals surface area contributed by atoms with E-state index in [0.717, 1.165) is 17.0 Å². The molecular formula is C7H13NS. The van der Waals surface area contributed by atoms with Gasteiger partial charge in [0, 0.05) is 17.7 Å². The van der Waals surface area contributed by atoms with E-state index in [1.54, 1.807) is 18.8 Å². The number of allylic oxidation sites excluding steroid dienone is 1. The van der Waals surface area contributed by atoms with E-state index >= 15 is 0 Å². The minimum absolute atomic E-state index is 0.982. The zero-order valence-electron chi connectivity index (χ0n) is 6.27. The molecule has 0 radical (unpaired) electrons. The summed E-state index contributed by atoms with van der Waals surface area (Å²) in [5.41, 5.74) is 1.11. The van der Waals surface area contributed by atoms with Crippen molar-refractivity contribution in [3.05, 3.63) is 11.5 Å². The molecule has 52 valence electrons. The molecule has 0 aromatic heterocycles. The van der Waals surface area contributed by atoms with E-state index in [2.05, 4.69) is 18.5 Å². The zero-order chi connectivity index (χ0) is 7.28. The average molecular weight is 143 g/mol. The van der Waals surface area contributed by atoms with E-state index in [9.17, 15) is 0 Å². The summed E-state index contributed by atoms with van der Waals surface area (Å²) in [5.74, 6) is 0. The largest absolute Gasteiger partial charge is 0.292 e. The molecule has 0 saturated heterocycles. The average Bonchev–Trinajstić information content (AvgIpc) is 1.90. The van der Waals surface area contributed by atoms with Gasteiger partial charge in [0.05, 0.1) is 0 Å². The summed E-state index contributed by atoms with van der Waals surface area (Å²) in [6, 6.07) is 0. The Morgan fingerprint density at radius 3 is 2.33 bits per heavy atom. The molecule has 0 aliphatic heterocycles. The first-order valence-electron chi connectivity index (χ1n) is 2.95. The molecule has 0 rings (SSSR count). The van der Waals surface area contributed by atoms with Crippen LogP contribution in [0.4, 0.5) is 0 Å². The lowest BCUT2D eigenvalue weighted by Crippen LogP contribution is -1.95. The lowest BCUT2D eigenvalue weighted by molar-refractivity contribution is 1.25. The number of nitrogens with zero attached hydrogens (tertiary/aromatic N) is 1. The molecule has 0 bridgehead atoms. The summed E-state index contributed by atoms with van der Waals surface area (Å²) in [6.07, 6.45) is 3.00. The fourth-order valence-corrected chi connectivity index (χ4v) is 1.07. The molecule has 0 unspecified atom stereocenters. The Kier molecular flexibility index (Phi) is 4.50. The van der Waals surface area contributed by atoms with Gasteiger partial charge < -0.3 is 0 Å². The Morgan fingerprint density at radius 2 is 2.22 bits per heavy atom. The highest BCUT2D eigenvalue weighted by Gasteiger charge is 1.96. The van der Waals surface area contributed by atoms with Crippen LogP contribution in [-0.4, -0.2) is 19.0 Å². The van der Waals surface area contributed by atoms with Gasteiger partial charge in [-0.1, -0.05) is 13.5 Å². The van der Waals surface area contributed by atoms with E-state index in [0.29, 0.717) is 0 Å². The number of aliphatic imine (C=N–C) groups is 1. The highest BCUT2D eigenvalue weighted by molar-refractivity contribution is 8.03. The second-order valence-electron chi connectivity index (χ2n) is 1.65. The predicted molar refractivity (Wildman–Crippen MR) is 46.3 cm³/mol. The standard InChI is InChI=1S/C7H13NS/c1-5-7(8-3)6(2)9-4/h2,5H2,1,3-4H3/b8-7-. The molecule has 0 fully saturated rings. The second-order valence-corrected chi connectivity index (χ2v) is 2.55. The molecule has 2 heteroatoms. The first-order chi connectivity index (χ1) is 4.26. The summed E-state index contributed by atoms with van der Waals surface area (Å²) in [6.45, 7) is 5.93. The van der Waals surface area contributed by atoms with E-state index in [-0.39, 0.29) is 0 Å². The molecule has 0 N–H and O–H groups in total. The molecule has 9 heavy (non-hydrogen) atoms. The van der Waals surface area contributed by atoms with Crippen LogP contribution in [-0.2, 0) is 0 Å². The highest BCUT2D eigenvalue weighted by atomic mass is 32.2. The third-order valence-electron chi connectivity index (χ3n) is 1.17. The SMILES string of the molecule is C=C(SC)/C(CC)=N\C. The number of hydrogen-bond donors (Lipinski definition) is 0. The maximum Gasteiger partial charge on any atom is 0.0471 e. The van der Waals surface area contributed by atoms with Gasteiger partial charge in [-0.05, 0) is 12.7 Å². The van der Waals surface area contributed by atoms with Crippen LogP contribution < -0.4 is 0 Å². The Hall–Kier alpha value is -0.240. The Balaban J connectivity index is 3.97. The van der Waals surface area contributed by atoms with Gasteiger partial charge in [-0.3, -0.25) is 4.99 Å². The van der Waals surface area contributed by atoms with E-state index in [4.69, 9.17) is 0 Å². The predicted octanol–water partition coefficient (Wildman–Crippen LogP) is 2.34. The summed E-state index contributed by atoms with van der Waals surface area (Å²) >= 11 is 1.66. The molecule has 0 aromatic carbocycles. The summed E-state index contributed by atoms with van der Waals surface area (Å²) in [4.78, 5) is 5.16. The summed E-state index contributed by atoms with van der Waals surface area (Å²) < 4.78 is 0. The minimum Gasteiger partial charge on any atom is -0.292 e. The monoisotopic (exact) mass is 143 g/mol. The first kappa shape index (κ1) is 8.76. The lowest BCUT2D eigenvalue weighted by atomic mass is 10.3. The van der Waals surface area contributed by atoms with Gasteiger partial charge in [0.1, 0.15) is 0 Å². The van der Waals surface area contributed by atoms with Gasteiger partial charge in [-0.15, -0.1) is 11.8 Å². The van der Waals surface area contributed by atoms with Crippen molar-refractivity contribution >= 4 is 17.5 Å². The molecule has 0 atom stereocenters. The fraction of sp³-hybridized carbons (Fsp3) is 0.571. The number of thioether (sulfide) groups is 1. The van der Waals surface area contributed by atoms with Gasteiger partial charge in [-0.2, -0.15) is 0 Å². The number of rotatable bonds is 3. The normalized spacial score (nSPS) is 11.7. The molecular weight excluding hydrogens is 130 g/mol. The van der Waals surface area contributed by atoms with Crippen molar-refractivity contribution in [1.29, 1.82) is 0 Å². The van der Waals surface area contributed by atoms with Gasteiger partial charge in [-0.25, -0.2) is 0 Å².